The fourth-order valence-electron chi connectivity index (χ4n) is 1.38. The van der Waals surface area contributed by atoms with E-state index in [2.05, 4.69) is 50.0 Å². The summed E-state index contributed by atoms with van der Waals surface area (Å²) in [4.78, 5) is 0. The molecule has 1 rings (SSSR count). The topological polar surface area (TPSA) is 18.5 Å². The number of hydrogen-bond acceptors (Lipinski definition) is 2. The van der Waals surface area contributed by atoms with Gasteiger partial charge in [-0.2, -0.15) is 0 Å². The van der Waals surface area contributed by atoms with Crippen LogP contribution < -0.4 is 5.19 Å². The van der Waals surface area contributed by atoms with Crippen molar-refractivity contribution >= 4 is 41.8 Å². The first-order valence-corrected chi connectivity index (χ1v) is 14.2. The molecular weight excluding hydrogens is 252 g/mol. The standard InChI is InChI=1S/C9H20O2Si4/c1-14(2)11-13-15(3,10-12)9-7-5-4-6-8-9/h4-8,14H,13H2,1-3,12H3. The van der Waals surface area contributed by atoms with E-state index in [9.17, 15) is 0 Å². The van der Waals surface area contributed by atoms with Gasteiger partial charge in [0.25, 0.3) is 0 Å². The zero-order chi connectivity index (χ0) is 11.3. The van der Waals surface area contributed by atoms with Crippen molar-refractivity contribution in [3.8, 4) is 0 Å². The van der Waals surface area contributed by atoms with Gasteiger partial charge in [0.05, 0.1) is 0 Å². The molecule has 0 aromatic heterocycles. The highest BCUT2D eigenvalue weighted by molar-refractivity contribution is 7.26. The van der Waals surface area contributed by atoms with Gasteiger partial charge >= 0.3 is 0 Å². The maximum absolute atomic E-state index is 5.99. The summed E-state index contributed by atoms with van der Waals surface area (Å²) in [5.41, 5.74) is 0. The molecule has 0 fully saturated rings. The highest BCUT2D eigenvalue weighted by Crippen LogP contribution is 2.03. The monoisotopic (exact) mass is 272 g/mol. The molecule has 0 heterocycles. The highest BCUT2D eigenvalue weighted by Gasteiger charge is 2.30. The Labute approximate surface area is 100 Å². The van der Waals surface area contributed by atoms with E-state index in [0.717, 1.165) is 10.5 Å². The molecule has 0 aliphatic heterocycles. The Hall–Kier alpha value is 0.00753. The summed E-state index contributed by atoms with van der Waals surface area (Å²) in [7, 11) is -2.21. The third kappa shape index (κ3) is 3.82. The van der Waals surface area contributed by atoms with E-state index < -0.39 is 26.2 Å². The summed E-state index contributed by atoms with van der Waals surface area (Å²) in [6.45, 7) is 6.78. The lowest BCUT2D eigenvalue weighted by atomic mass is 10.4. The smallest absolute Gasteiger partial charge is 0.217 e. The van der Waals surface area contributed by atoms with Crippen molar-refractivity contribution in [1.29, 1.82) is 0 Å². The van der Waals surface area contributed by atoms with Gasteiger partial charge in [0.2, 0.25) is 7.83 Å². The Morgan fingerprint density at radius 1 is 1.27 bits per heavy atom. The molecular formula is C9H20O2Si4. The van der Waals surface area contributed by atoms with Crippen LogP contribution >= 0.6 is 0 Å². The Morgan fingerprint density at radius 3 is 2.33 bits per heavy atom. The minimum absolute atomic E-state index is 0.504. The minimum Gasteiger partial charge on any atom is -0.462 e. The second kappa shape index (κ2) is 5.92. The van der Waals surface area contributed by atoms with Crippen molar-refractivity contribution in [2.24, 2.45) is 0 Å². The van der Waals surface area contributed by atoms with E-state index in [-0.39, 0.29) is 0 Å². The minimum atomic E-state index is -1.65. The highest BCUT2D eigenvalue weighted by atomic mass is 29.2. The molecule has 0 radical (unpaired) electrons. The van der Waals surface area contributed by atoms with Gasteiger partial charge in [0, 0.05) is 0 Å². The van der Waals surface area contributed by atoms with Gasteiger partial charge in [-0.05, 0) is 24.8 Å². The molecule has 1 unspecified atom stereocenters. The molecule has 0 saturated carbocycles. The van der Waals surface area contributed by atoms with E-state index >= 15 is 0 Å². The predicted molar refractivity (Wildman–Crippen MR) is 77.2 cm³/mol. The Kier molecular flexibility index (Phi) is 5.16. The average molecular weight is 273 g/mol. The second-order valence-electron chi connectivity index (χ2n) is 4.16. The van der Waals surface area contributed by atoms with E-state index in [1.807, 2.05) is 0 Å². The molecule has 15 heavy (non-hydrogen) atoms. The van der Waals surface area contributed by atoms with Crippen molar-refractivity contribution in [2.45, 2.75) is 19.6 Å². The van der Waals surface area contributed by atoms with Crippen molar-refractivity contribution in [2.75, 3.05) is 0 Å². The van der Waals surface area contributed by atoms with Crippen LogP contribution in [0.25, 0.3) is 0 Å². The molecule has 1 aromatic carbocycles. The van der Waals surface area contributed by atoms with E-state index in [0.29, 0.717) is 0 Å². The van der Waals surface area contributed by atoms with Crippen molar-refractivity contribution in [1.82, 2.24) is 0 Å². The van der Waals surface area contributed by atoms with Crippen LogP contribution in [-0.4, -0.2) is 36.6 Å². The first-order chi connectivity index (χ1) is 7.08. The molecule has 6 heteroatoms. The first kappa shape index (κ1) is 13.1. The molecule has 0 aliphatic carbocycles. The molecule has 1 aromatic rings. The number of hydrogen-bond donors (Lipinski definition) is 0. The molecule has 1 atom stereocenters. The summed E-state index contributed by atoms with van der Waals surface area (Å²) in [6.07, 6.45) is 0. The van der Waals surface area contributed by atoms with Crippen LogP contribution in [0.3, 0.4) is 0 Å². The Bertz CT molecular complexity index is 293. The SMILES string of the molecule is C[SiH](C)O[SiH2][Si](C)(O[SiH3])c1ccccc1. The van der Waals surface area contributed by atoms with Crippen LogP contribution in [-0.2, 0) is 8.23 Å². The normalized spacial score (nSPS) is 16.3. The molecule has 2 nitrogen and oxygen atoms in total. The summed E-state index contributed by atoms with van der Waals surface area (Å²) in [5.74, 6) is 0. The Morgan fingerprint density at radius 2 is 1.87 bits per heavy atom. The molecule has 0 spiro atoms. The van der Waals surface area contributed by atoms with Crippen molar-refractivity contribution < 1.29 is 8.23 Å². The molecule has 0 aliphatic rings. The maximum atomic E-state index is 5.99. The van der Waals surface area contributed by atoms with Gasteiger partial charge in [-0.1, -0.05) is 30.3 Å². The van der Waals surface area contributed by atoms with Gasteiger partial charge in [0.15, 0.2) is 18.3 Å². The largest absolute Gasteiger partial charge is 0.462 e. The van der Waals surface area contributed by atoms with E-state index in [1.165, 1.54) is 5.19 Å². The van der Waals surface area contributed by atoms with Gasteiger partial charge in [-0.15, -0.1) is 0 Å². The molecule has 84 valence electrons. The molecule has 0 saturated heterocycles. The molecule has 0 bridgehead atoms. The second-order valence-corrected chi connectivity index (χ2v) is 17.5. The van der Waals surface area contributed by atoms with E-state index in [1.54, 1.807) is 0 Å². The molecule has 0 N–H and O–H groups in total. The fourth-order valence-corrected chi connectivity index (χ4v) is 14.6. The van der Waals surface area contributed by atoms with Gasteiger partial charge in [-0.25, -0.2) is 0 Å². The van der Waals surface area contributed by atoms with Gasteiger partial charge < -0.3 is 8.23 Å². The summed E-state index contributed by atoms with van der Waals surface area (Å²) < 4.78 is 11.9. The third-order valence-corrected chi connectivity index (χ3v) is 18.5. The van der Waals surface area contributed by atoms with Gasteiger partial charge in [-0.3, -0.25) is 0 Å². The average Bonchev–Trinajstić information content (AvgIpc) is 2.27. The van der Waals surface area contributed by atoms with Crippen LogP contribution in [0.1, 0.15) is 0 Å². The van der Waals surface area contributed by atoms with Crippen molar-refractivity contribution in [3.63, 3.8) is 0 Å². The summed E-state index contributed by atoms with van der Waals surface area (Å²) in [5, 5.41) is 1.40. The van der Waals surface area contributed by atoms with Crippen LogP contribution in [0, 0.1) is 0 Å². The van der Waals surface area contributed by atoms with Crippen LogP contribution in [0.15, 0.2) is 30.3 Å². The fraction of sp³-hybridized carbons (Fsp3) is 0.333. The lowest BCUT2D eigenvalue weighted by Gasteiger charge is -2.26. The predicted octanol–water partition coefficient (Wildman–Crippen LogP) is -0.654. The third-order valence-electron chi connectivity index (χ3n) is 2.53. The maximum Gasteiger partial charge on any atom is 0.217 e. The zero-order valence-electron chi connectivity index (χ0n) is 9.99. The first-order valence-electron chi connectivity index (χ1n) is 5.31. The van der Waals surface area contributed by atoms with Crippen LogP contribution in [0.2, 0.25) is 19.6 Å². The lowest BCUT2D eigenvalue weighted by molar-refractivity contribution is 0.600. The number of rotatable bonds is 5. The summed E-state index contributed by atoms with van der Waals surface area (Å²) >= 11 is 0. The van der Waals surface area contributed by atoms with Crippen molar-refractivity contribution in [3.05, 3.63) is 30.3 Å². The Balaban J connectivity index is 2.76. The van der Waals surface area contributed by atoms with Crippen LogP contribution in [0.4, 0.5) is 0 Å². The van der Waals surface area contributed by atoms with Gasteiger partial charge in [0.1, 0.15) is 10.5 Å². The van der Waals surface area contributed by atoms with Crippen LogP contribution in [0.5, 0.6) is 0 Å². The number of benzene rings is 1. The quantitative estimate of drug-likeness (QED) is 0.663. The zero-order valence-corrected chi connectivity index (χ0v) is 15.6. The van der Waals surface area contributed by atoms with E-state index in [4.69, 9.17) is 8.23 Å². The summed E-state index contributed by atoms with van der Waals surface area (Å²) in [6, 6.07) is 10.7. The molecule has 0 amide bonds. The lowest BCUT2D eigenvalue weighted by Crippen LogP contribution is -2.55.